The molecule has 0 atom stereocenters. The van der Waals surface area contributed by atoms with E-state index in [0.29, 0.717) is 19.8 Å². The molecule has 0 spiro atoms. The van der Waals surface area contributed by atoms with E-state index in [0.717, 1.165) is 4.90 Å². The predicted molar refractivity (Wildman–Crippen MR) is 61.8 cm³/mol. The Bertz CT molecular complexity index is 265. The van der Waals surface area contributed by atoms with Gasteiger partial charge in [-0.2, -0.15) is 0 Å². The Morgan fingerprint density at radius 1 is 1.24 bits per heavy atom. The van der Waals surface area contributed by atoms with E-state index in [2.05, 4.69) is 0 Å². The smallest absolute Gasteiger partial charge is 0.329 e. The number of carbonyl (C=O) groups excluding carboxylic acids is 1. The Hall–Kier alpha value is -1.14. The van der Waals surface area contributed by atoms with Crippen molar-refractivity contribution in [3.05, 3.63) is 0 Å². The number of carboxylic acid groups (broad SMARTS) is 1. The summed E-state index contributed by atoms with van der Waals surface area (Å²) in [5.74, 6) is -1.42. The van der Waals surface area contributed by atoms with Gasteiger partial charge >= 0.3 is 5.97 Å². The first-order valence-corrected chi connectivity index (χ1v) is 5.49. The van der Waals surface area contributed by atoms with Crippen LogP contribution in [0.3, 0.4) is 0 Å². The van der Waals surface area contributed by atoms with Crippen LogP contribution in [0.4, 0.5) is 0 Å². The average Bonchev–Trinajstić information content (AvgIpc) is 2.27. The molecule has 6 nitrogen and oxygen atoms in total. The Morgan fingerprint density at radius 3 is 2.24 bits per heavy atom. The minimum absolute atomic E-state index is 0.139. The lowest BCUT2D eigenvalue weighted by Gasteiger charge is -2.31. The van der Waals surface area contributed by atoms with Crippen LogP contribution in [0.1, 0.15) is 20.8 Å². The predicted octanol–water partition coefficient (Wildman–Crippen LogP) is 0.361. The summed E-state index contributed by atoms with van der Waals surface area (Å²) in [6.45, 7) is 6.01. The maximum Gasteiger partial charge on any atom is 0.329 e. The third-order valence-corrected chi connectivity index (χ3v) is 2.54. The Kier molecular flexibility index (Phi) is 6.75. The third kappa shape index (κ3) is 5.14. The molecule has 0 aromatic heterocycles. The van der Waals surface area contributed by atoms with Crippen LogP contribution in [-0.2, 0) is 19.1 Å². The van der Waals surface area contributed by atoms with Crippen LogP contribution in [0.25, 0.3) is 0 Å². The minimum Gasteiger partial charge on any atom is -0.480 e. The molecule has 0 heterocycles. The first kappa shape index (κ1) is 15.9. The molecular weight excluding hydrogens is 226 g/mol. The molecule has 0 aromatic carbocycles. The molecule has 0 rings (SSSR count). The van der Waals surface area contributed by atoms with Gasteiger partial charge in [-0.15, -0.1) is 0 Å². The van der Waals surface area contributed by atoms with Gasteiger partial charge in [0, 0.05) is 13.7 Å². The number of hydrogen-bond donors (Lipinski definition) is 1. The summed E-state index contributed by atoms with van der Waals surface area (Å²) in [5, 5.41) is 8.95. The highest BCUT2D eigenvalue weighted by molar-refractivity contribution is 5.86. The van der Waals surface area contributed by atoms with Crippen molar-refractivity contribution >= 4 is 11.9 Å². The second-order valence-electron chi connectivity index (χ2n) is 4.07. The van der Waals surface area contributed by atoms with E-state index < -0.39 is 11.5 Å². The maximum absolute atomic E-state index is 11.6. The molecule has 0 aliphatic heterocycles. The Balaban J connectivity index is 4.02. The fraction of sp³-hybridized carbons (Fsp3) is 0.818. The van der Waals surface area contributed by atoms with Gasteiger partial charge in [-0.05, 0) is 20.8 Å². The van der Waals surface area contributed by atoms with Crippen molar-refractivity contribution in [2.24, 2.45) is 0 Å². The molecule has 0 aromatic rings. The summed E-state index contributed by atoms with van der Waals surface area (Å²) in [5.41, 5.74) is -1.24. The molecule has 100 valence electrons. The lowest BCUT2D eigenvalue weighted by atomic mass is 10.0. The quantitative estimate of drug-likeness (QED) is 0.627. The zero-order valence-corrected chi connectivity index (χ0v) is 10.9. The van der Waals surface area contributed by atoms with E-state index in [-0.39, 0.29) is 12.5 Å². The van der Waals surface area contributed by atoms with Crippen molar-refractivity contribution in [2.45, 2.75) is 26.3 Å². The Morgan fingerprint density at radius 2 is 1.76 bits per heavy atom. The van der Waals surface area contributed by atoms with E-state index >= 15 is 0 Å². The van der Waals surface area contributed by atoms with Crippen molar-refractivity contribution in [1.82, 2.24) is 4.90 Å². The summed E-state index contributed by atoms with van der Waals surface area (Å²) in [7, 11) is 1.45. The highest BCUT2D eigenvalue weighted by Gasteiger charge is 2.34. The summed E-state index contributed by atoms with van der Waals surface area (Å²) >= 11 is 0. The van der Waals surface area contributed by atoms with Crippen LogP contribution in [0.2, 0.25) is 0 Å². The molecular formula is C11H21NO5. The fourth-order valence-electron chi connectivity index (χ4n) is 0.974. The molecule has 17 heavy (non-hydrogen) atoms. The number of aliphatic carboxylic acids is 1. The molecule has 0 fully saturated rings. The lowest BCUT2D eigenvalue weighted by molar-refractivity contribution is -0.157. The highest BCUT2D eigenvalue weighted by Crippen LogP contribution is 2.12. The molecule has 0 saturated carbocycles. The standard InChI is InChI=1S/C11H21NO5/c1-5-16-6-7-17-8-9(13)12(4)11(2,3)10(14)15/h5-8H2,1-4H3,(H,14,15). The average molecular weight is 247 g/mol. The number of ether oxygens (including phenoxy) is 2. The molecule has 0 aliphatic rings. The lowest BCUT2D eigenvalue weighted by Crippen LogP contribution is -2.51. The largest absolute Gasteiger partial charge is 0.480 e. The first-order valence-electron chi connectivity index (χ1n) is 5.49. The van der Waals surface area contributed by atoms with E-state index in [1.165, 1.54) is 20.9 Å². The van der Waals surface area contributed by atoms with Gasteiger partial charge in [0.25, 0.3) is 0 Å². The van der Waals surface area contributed by atoms with Crippen LogP contribution in [0, 0.1) is 0 Å². The fourth-order valence-corrected chi connectivity index (χ4v) is 0.974. The second kappa shape index (κ2) is 7.24. The van der Waals surface area contributed by atoms with E-state index in [4.69, 9.17) is 14.6 Å². The van der Waals surface area contributed by atoms with Crippen molar-refractivity contribution in [2.75, 3.05) is 33.5 Å². The van der Waals surface area contributed by atoms with Crippen LogP contribution >= 0.6 is 0 Å². The van der Waals surface area contributed by atoms with Crippen LogP contribution in [0.5, 0.6) is 0 Å². The van der Waals surface area contributed by atoms with E-state index in [9.17, 15) is 9.59 Å². The van der Waals surface area contributed by atoms with Gasteiger partial charge in [-0.25, -0.2) is 4.79 Å². The zero-order valence-electron chi connectivity index (χ0n) is 10.9. The molecule has 0 radical (unpaired) electrons. The van der Waals surface area contributed by atoms with Crippen molar-refractivity contribution in [3.8, 4) is 0 Å². The summed E-state index contributed by atoms with van der Waals surface area (Å²) < 4.78 is 10.1. The first-order chi connectivity index (χ1) is 7.84. The summed E-state index contributed by atoms with van der Waals surface area (Å²) in [4.78, 5) is 23.7. The normalized spacial score (nSPS) is 11.3. The molecule has 0 unspecified atom stereocenters. The van der Waals surface area contributed by atoms with Crippen molar-refractivity contribution in [1.29, 1.82) is 0 Å². The van der Waals surface area contributed by atoms with Crippen molar-refractivity contribution in [3.63, 3.8) is 0 Å². The summed E-state index contributed by atoms with van der Waals surface area (Å²) in [6, 6.07) is 0. The SMILES string of the molecule is CCOCCOCC(=O)N(C)C(C)(C)C(=O)O. The maximum atomic E-state index is 11.6. The van der Waals surface area contributed by atoms with Gasteiger partial charge < -0.3 is 19.5 Å². The number of nitrogens with zero attached hydrogens (tertiary/aromatic N) is 1. The number of carbonyl (C=O) groups is 2. The van der Waals surface area contributed by atoms with Gasteiger partial charge in [0.05, 0.1) is 13.2 Å². The Labute approximate surface area is 101 Å². The number of rotatable bonds is 8. The molecule has 1 amide bonds. The van der Waals surface area contributed by atoms with Gasteiger partial charge in [0.15, 0.2) is 0 Å². The van der Waals surface area contributed by atoms with E-state index in [1.54, 1.807) is 0 Å². The van der Waals surface area contributed by atoms with Gasteiger partial charge in [0.2, 0.25) is 5.91 Å². The number of amides is 1. The molecule has 1 N–H and O–H groups in total. The molecule has 0 saturated heterocycles. The second-order valence-corrected chi connectivity index (χ2v) is 4.07. The van der Waals surface area contributed by atoms with E-state index in [1.807, 2.05) is 6.92 Å². The number of hydrogen-bond acceptors (Lipinski definition) is 4. The monoisotopic (exact) mass is 247 g/mol. The van der Waals surface area contributed by atoms with Crippen LogP contribution < -0.4 is 0 Å². The molecule has 6 heteroatoms. The minimum atomic E-state index is -1.24. The third-order valence-electron chi connectivity index (χ3n) is 2.54. The molecule has 0 aliphatic carbocycles. The van der Waals surface area contributed by atoms with Crippen molar-refractivity contribution < 1.29 is 24.2 Å². The van der Waals surface area contributed by atoms with Crippen LogP contribution in [0.15, 0.2) is 0 Å². The zero-order chi connectivity index (χ0) is 13.5. The number of likely N-dealkylation sites (N-methyl/N-ethyl adjacent to an activating group) is 1. The van der Waals surface area contributed by atoms with Gasteiger partial charge in [-0.3, -0.25) is 4.79 Å². The van der Waals surface area contributed by atoms with Gasteiger partial charge in [-0.1, -0.05) is 0 Å². The highest BCUT2D eigenvalue weighted by atomic mass is 16.5. The summed E-state index contributed by atoms with van der Waals surface area (Å²) in [6.07, 6.45) is 0. The molecule has 0 bridgehead atoms. The number of carboxylic acids is 1. The van der Waals surface area contributed by atoms with Crippen LogP contribution in [-0.4, -0.2) is 60.9 Å². The van der Waals surface area contributed by atoms with Gasteiger partial charge in [0.1, 0.15) is 12.1 Å². The topological polar surface area (TPSA) is 76.1 Å².